The van der Waals surface area contributed by atoms with Gasteiger partial charge in [-0.05, 0) is 90.6 Å². The van der Waals surface area contributed by atoms with Crippen LogP contribution in [0.1, 0.15) is 58.5 Å². The van der Waals surface area contributed by atoms with E-state index in [9.17, 15) is 18.8 Å². The number of carboxylic acid groups (broad SMARTS) is 2. The number of carboxylic acids is 2. The Bertz CT molecular complexity index is 1700. The van der Waals surface area contributed by atoms with Crippen LogP contribution in [0.4, 0.5) is 4.39 Å². The lowest BCUT2D eigenvalue weighted by atomic mass is 9.91. The van der Waals surface area contributed by atoms with Crippen LogP contribution in [0, 0.1) is 5.82 Å². The minimum atomic E-state index is -1.26. The second-order valence-electron chi connectivity index (χ2n) is 11.5. The number of carbonyl (C=O) groups is 3. The highest BCUT2D eigenvalue weighted by atomic mass is 32.1. The first kappa shape index (κ1) is 32.8. The van der Waals surface area contributed by atoms with Crippen molar-refractivity contribution in [2.24, 2.45) is 0 Å². The van der Waals surface area contributed by atoms with Crippen molar-refractivity contribution in [1.29, 1.82) is 0 Å². The maximum atomic E-state index is 13.8. The zero-order valence-electron chi connectivity index (χ0n) is 25.5. The number of amides is 1. The van der Waals surface area contributed by atoms with Crippen molar-refractivity contribution in [2.75, 3.05) is 26.2 Å². The molecule has 6 rings (SSSR count). The highest BCUT2D eigenvalue weighted by Gasteiger charge is 2.22. The number of hydrogen-bond donors (Lipinski definition) is 2. The molecule has 3 aromatic carbocycles. The number of piperidine rings is 2. The van der Waals surface area contributed by atoms with Gasteiger partial charge in [0.25, 0.3) is 5.91 Å². The van der Waals surface area contributed by atoms with Gasteiger partial charge in [0.2, 0.25) is 0 Å². The molecule has 0 unspecified atom stereocenters. The topological polar surface area (TPSA) is 98.1 Å². The largest absolute Gasteiger partial charge is 0.478 e. The van der Waals surface area contributed by atoms with E-state index in [1.165, 1.54) is 38.1 Å². The average molecular weight is 641 g/mol. The van der Waals surface area contributed by atoms with Crippen molar-refractivity contribution in [3.05, 3.63) is 124 Å². The molecule has 0 spiro atoms. The Morgan fingerprint density at radius 1 is 0.761 bits per heavy atom. The van der Waals surface area contributed by atoms with Gasteiger partial charge in [0.15, 0.2) is 0 Å². The van der Waals surface area contributed by atoms with Gasteiger partial charge < -0.3 is 15.1 Å². The van der Waals surface area contributed by atoms with E-state index in [1.807, 2.05) is 40.5 Å². The van der Waals surface area contributed by atoms with Crippen LogP contribution < -0.4 is 0 Å². The third-order valence-electron chi connectivity index (χ3n) is 8.21. The Balaban J connectivity index is 0.000000463. The standard InChI is InChI=1S/C33H33FN2OS.C4H4O4/c34-29-13-11-25(12-14-29)32(31-22-27-8-2-3-10-30(27)38-31)26-15-19-35(20-16-26)23-24-7-6-9-28(21-24)33(37)36-17-4-1-5-18-36;5-3(6)1-2-4(7)8/h2-3,6-14,21-22H,1,4-5,15-20,23H2;1-2H,(H,5,6)(H,7,8). The number of halogens is 1. The molecule has 0 radical (unpaired) electrons. The van der Waals surface area contributed by atoms with Crippen molar-refractivity contribution in [3.63, 3.8) is 0 Å². The Morgan fingerprint density at radius 3 is 2.09 bits per heavy atom. The van der Waals surface area contributed by atoms with Crippen molar-refractivity contribution in [3.8, 4) is 0 Å². The molecule has 1 amide bonds. The van der Waals surface area contributed by atoms with E-state index in [1.54, 1.807) is 12.1 Å². The fourth-order valence-corrected chi connectivity index (χ4v) is 7.13. The van der Waals surface area contributed by atoms with Crippen molar-refractivity contribution in [2.45, 2.75) is 38.6 Å². The van der Waals surface area contributed by atoms with E-state index < -0.39 is 11.9 Å². The van der Waals surface area contributed by atoms with Crippen LogP contribution in [-0.2, 0) is 16.1 Å². The second kappa shape index (κ2) is 15.6. The summed E-state index contributed by atoms with van der Waals surface area (Å²) in [7, 11) is 0. The van der Waals surface area contributed by atoms with E-state index in [0.717, 1.165) is 69.5 Å². The minimum absolute atomic E-state index is 0.169. The number of rotatable bonds is 7. The highest BCUT2D eigenvalue weighted by Crippen LogP contribution is 2.38. The number of carbonyl (C=O) groups excluding carboxylic acids is 1. The Kier molecular flexibility index (Phi) is 11.1. The van der Waals surface area contributed by atoms with Gasteiger partial charge in [0.1, 0.15) is 5.82 Å². The van der Waals surface area contributed by atoms with E-state index >= 15 is 0 Å². The molecule has 2 saturated heterocycles. The summed E-state index contributed by atoms with van der Waals surface area (Å²) in [4.78, 5) is 37.9. The zero-order chi connectivity index (χ0) is 32.5. The van der Waals surface area contributed by atoms with Crippen LogP contribution >= 0.6 is 11.3 Å². The quantitative estimate of drug-likeness (QED) is 0.203. The monoisotopic (exact) mass is 640 g/mol. The third kappa shape index (κ3) is 8.77. The van der Waals surface area contributed by atoms with Crippen LogP contribution in [0.15, 0.2) is 96.6 Å². The van der Waals surface area contributed by atoms with Crippen molar-refractivity contribution >= 4 is 44.8 Å². The number of hydrogen-bond acceptors (Lipinski definition) is 5. The lowest BCUT2D eigenvalue weighted by molar-refractivity contribution is -0.134. The molecule has 238 valence electrons. The molecule has 0 saturated carbocycles. The summed E-state index contributed by atoms with van der Waals surface area (Å²) in [5.74, 6) is -2.55. The number of fused-ring (bicyclic) bond motifs is 1. The van der Waals surface area contributed by atoms with Gasteiger partial charge in [-0.15, -0.1) is 11.3 Å². The summed E-state index contributed by atoms with van der Waals surface area (Å²) in [6.45, 7) is 4.54. The smallest absolute Gasteiger partial charge is 0.328 e. The molecule has 7 nitrogen and oxygen atoms in total. The van der Waals surface area contributed by atoms with E-state index in [4.69, 9.17) is 10.2 Å². The average Bonchev–Trinajstić information content (AvgIpc) is 3.50. The van der Waals surface area contributed by atoms with Gasteiger partial charge in [0.05, 0.1) is 0 Å². The van der Waals surface area contributed by atoms with Gasteiger partial charge >= 0.3 is 11.9 Å². The molecule has 2 aliphatic rings. The minimum Gasteiger partial charge on any atom is -0.478 e. The first-order valence-electron chi connectivity index (χ1n) is 15.5. The molecule has 0 aliphatic carbocycles. The van der Waals surface area contributed by atoms with E-state index in [0.29, 0.717) is 12.2 Å². The third-order valence-corrected chi connectivity index (χ3v) is 9.34. The molecule has 1 aromatic heterocycles. The van der Waals surface area contributed by atoms with Crippen LogP contribution in [0.5, 0.6) is 0 Å². The normalized spacial score (nSPS) is 15.4. The molecule has 2 fully saturated rings. The maximum absolute atomic E-state index is 13.8. The molecular weight excluding hydrogens is 603 g/mol. The van der Waals surface area contributed by atoms with Gasteiger partial charge in [-0.25, -0.2) is 14.0 Å². The van der Waals surface area contributed by atoms with Crippen molar-refractivity contribution < 1.29 is 29.0 Å². The van der Waals surface area contributed by atoms with Gasteiger partial charge in [-0.1, -0.05) is 48.0 Å². The zero-order valence-corrected chi connectivity index (χ0v) is 26.3. The summed E-state index contributed by atoms with van der Waals surface area (Å²) < 4.78 is 15.0. The maximum Gasteiger partial charge on any atom is 0.328 e. The van der Waals surface area contributed by atoms with Crippen LogP contribution in [0.25, 0.3) is 15.7 Å². The first-order chi connectivity index (χ1) is 22.3. The SMILES string of the molecule is O=C(O)C=CC(=O)O.O=C(c1cccc(CN2CCC(=C(c3ccc(F)cc3)c3cc4ccccc4s3)CC2)c1)N1CCCCC1. The number of nitrogens with zero attached hydrogens (tertiary/aromatic N) is 2. The lowest BCUT2D eigenvalue weighted by Gasteiger charge is -2.30. The predicted octanol–water partition coefficient (Wildman–Crippen LogP) is 7.48. The van der Waals surface area contributed by atoms with Crippen molar-refractivity contribution in [1.82, 2.24) is 9.80 Å². The van der Waals surface area contributed by atoms with Crippen LogP contribution in [0.3, 0.4) is 0 Å². The first-order valence-corrected chi connectivity index (χ1v) is 16.3. The fourth-order valence-electron chi connectivity index (χ4n) is 5.96. The van der Waals surface area contributed by atoms with Crippen LogP contribution in [0.2, 0.25) is 0 Å². The molecule has 0 bridgehead atoms. The summed E-state index contributed by atoms with van der Waals surface area (Å²) in [6, 6.07) is 25.9. The summed E-state index contributed by atoms with van der Waals surface area (Å²) >= 11 is 1.82. The summed E-state index contributed by atoms with van der Waals surface area (Å²) in [6.07, 6.45) is 6.51. The molecule has 9 heteroatoms. The molecule has 2 N–H and O–H groups in total. The van der Waals surface area contributed by atoms with Gasteiger partial charge in [-0.2, -0.15) is 0 Å². The number of benzene rings is 3. The molecular formula is C37H37FN2O5S. The fraction of sp³-hybridized carbons (Fsp3) is 0.270. The van der Waals surface area contributed by atoms with E-state index in [2.05, 4.69) is 47.4 Å². The van der Waals surface area contributed by atoms with Crippen LogP contribution in [-0.4, -0.2) is 64.0 Å². The van der Waals surface area contributed by atoms with Gasteiger partial charge in [-0.3, -0.25) is 9.69 Å². The van der Waals surface area contributed by atoms with E-state index in [-0.39, 0.29) is 11.7 Å². The lowest BCUT2D eigenvalue weighted by Crippen LogP contribution is -2.35. The molecule has 2 aliphatic heterocycles. The van der Waals surface area contributed by atoms with Gasteiger partial charge in [0, 0.05) is 60.0 Å². The molecule has 4 aromatic rings. The Hall–Kier alpha value is -4.60. The Morgan fingerprint density at radius 2 is 1.43 bits per heavy atom. The molecule has 3 heterocycles. The predicted molar refractivity (Wildman–Crippen MR) is 179 cm³/mol. The summed E-state index contributed by atoms with van der Waals surface area (Å²) in [5, 5.41) is 16.9. The summed E-state index contributed by atoms with van der Waals surface area (Å²) in [5.41, 5.74) is 5.80. The second-order valence-corrected chi connectivity index (χ2v) is 12.6. The number of likely N-dealkylation sites (tertiary alicyclic amines) is 2. The Labute approximate surface area is 271 Å². The molecule has 46 heavy (non-hydrogen) atoms. The number of aliphatic carboxylic acids is 2. The number of thiophene rings is 1. The molecule has 0 atom stereocenters. The highest BCUT2D eigenvalue weighted by molar-refractivity contribution is 7.20.